The van der Waals surface area contributed by atoms with E-state index in [1.54, 1.807) is 0 Å². The second-order valence-electron chi connectivity index (χ2n) is 11.0. The molecule has 1 heterocycles. The highest BCUT2D eigenvalue weighted by Crippen LogP contribution is 2.69. The van der Waals surface area contributed by atoms with E-state index < -0.39 is 50.3 Å². The zero-order chi connectivity index (χ0) is 30.1. The first-order chi connectivity index (χ1) is 20.7. The number of halogens is 2. The third-order valence-electron chi connectivity index (χ3n) is 8.85. The molecule has 3 amide bonds. The van der Waals surface area contributed by atoms with Crippen LogP contribution in [-0.4, -0.2) is 33.6 Å². The maximum absolute atomic E-state index is 14.5. The number of non-ortho nitro benzene ring substituents is 1. The van der Waals surface area contributed by atoms with E-state index in [-0.39, 0.29) is 17.8 Å². The number of hydrogen-bond acceptors (Lipinski definition) is 5. The lowest BCUT2D eigenvalue weighted by molar-refractivity contribution is -0.384. The normalized spacial score (nSPS) is 25.5. The molecule has 0 unspecified atom stereocenters. The van der Waals surface area contributed by atoms with Gasteiger partial charge in [-0.3, -0.25) is 29.4 Å². The highest BCUT2D eigenvalue weighted by molar-refractivity contribution is 6.36. The molecule has 0 aromatic heterocycles. The van der Waals surface area contributed by atoms with Crippen LogP contribution in [-0.2, 0) is 30.6 Å². The van der Waals surface area contributed by atoms with E-state index in [9.17, 15) is 24.5 Å². The van der Waals surface area contributed by atoms with Crippen molar-refractivity contribution in [2.24, 2.45) is 11.8 Å². The van der Waals surface area contributed by atoms with E-state index in [4.69, 9.17) is 23.2 Å². The van der Waals surface area contributed by atoms with E-state index in [0.717, 1.165) is 10.5 Å². The summed E-state index contributed by atoms with van der Waals surface area (Å²) in [6.07, 6.45) is 0.0427. The summed E-state index contributed by atoms with van der Waals surface area (Å²) in [6, 6.07) is 27.9. The number of rotatable bonds is 6. The van der Waals surface area contributed by atoms with Crippen LogP contribution in [0.5, 0.6) is 0 Å². The van der Waals surface area contributed by atoms with E-state index in [2.05, 4.69) is 5.32 Å². The summed E-state index contributed by atoms with van der Waals surface area (Å²) < 4.78 is 0. The Morgan fingerprint density at radius 2 is 1.21 bits per heavy atom. The molecule has 4 aliphatic rings. The highest BCUT2D eigenvalue weighted by atomic mass is 35.5. The average molecular weight is 612 g/mol. The lowest BCUT2D eigenvalue weighted by Crippen LogP contribution is -2.57. The Morgan fingerprint density at radius 3 is 1.65 bits per heavy atom. The molecule has 4 aromatic rings. The summed E-state index contributed by atoms with van der Waals surface area (Å²) in [7, 11) is 0. The van der Waals surface area contributed by atoms with Crippen LogP contribution in [0.25, 0.3) is 0 Å². The summed E-state index contributed by atoms with van der Waals surface area (Å²) in [6.45, 7) is 0. The molecule has 3 aliphatic carbocycles. The van der Waals surface area contributed by atoms with Crippen LogP contribution in [0.1, 0.15) is 27.8 Å². The van der Waals surface area contributed by atoms with Gasteiger partial charge in [0.25, 0.3) is 5.69 Å². The smallest absolute Gasteiger partial charge is 0.269 e. The van der Waals surface area contributed by atoms with E-state index in [0.29, 0.717) is 22.3 Å². The number of imide groups is 1. The number of nitro benzene ring substituents is 1. The van der Waals surface area contributed by atoms with Crippen LogP contribution >= 0.6 is 23.2 Å². The fourth-order valence-corrected chi connectivity index (χ4v) is 8.12. The Morgan fingerprint density at radius 1 is 0.767 bits per heavy atom. The van der Waals surface area contributed by atoms with E-state index in [1.807, 2.05) is 78.9 Å². The Kier molecular flexibility index (Phi) is 6.20. The number of carbonyl (C=O) groups is 3. The predicted octanol–water partition coefficient (Wildman–Crippen LogP) is 5.74. The molecular formula is C33H23Cl2N3O5. The number of nitrogens with one attached hydrogen (secondary N) is 1. The minimum atomic E-state index is -1.37. The minimum absolute atomic E-state index is 0.0427. The lowest BCUT2D eigenvalue weighted by atomic mass is 9.54. The van der Waals surface area contributed by atoms with Crippen molar-refractivity contribution in [3.8, 4) is 0 Å². The van der Waals surface area contributed by atoms with Crippen LogP contribution in [0.2, 0.25) is 0 Å². The molecule has 8 rings (SSSR count). The van der Waals surface area contributed by atoms with E-state index >= 15 is 0 Å². The van der Waals surface area contributed by atoms with Crippen molar-refractivity contribution in [3.05, 3.63) is 141 Å². The van der Waals surface area contributed by atoms with Crippen molar-refractivity contribution < 1.29 is 19.3 Å². The largest absolute Gasteiger partial charge is 0.324 e. The zero-order valence-corrected chi connectivity index (χ0v) is 24.0. The first-order valence-electron chi connectivity index (χ1n) is 13.7. The first-order valence-corrected chi connectivity index (χ1v) is 14.5. The molecule has 1 fully saturated rings. The monoisotopic (exact) mass is 611 g/mol. The third-order valence-corrected chi connectivity index (χ3v) is 10.1. The number of likely N-dealkylation sites (tertiary alicyclic amines) is 1. The first kappa shape index (κ1) is 27.3. The quantitative estimate of drug-likeness (QED) is 0.129. The van der Waals surface area contributed by atoms with Gasteiger partial charge in [0.1, 0.15) is 15.8 Å². The van der Waals surface area contributed by atoms with Gasteiger partial charge in [-0.15, -0.1) is 23.2 Å². The second kappa shape index (κ2) is 9.76. The molecule has 4 aromatic carbocycles. The van der Waals surface area contributed by atoms with E-state index in [1.165, 1.54) is 24.3 Å². The number of alkyl halides is 2. The fraction of sp³-hybridized carbons (Fsp3) is 0.182. The van der Waals surface area contributed by atoms with Crippen LogP contribution in [0.4, 0.5) is 11.4 Å². The topological polar surface area (TPSA) is 110 Å². The molecule has 2 bridgehead atoms. The number of benzene rings is 4. The average Bonchev–Trinajstić information content (AvgIpc) is 3.30. The van der Waals surface area contributed by atoms with Crippen molar-refractivity contribution in [2.45, 2.75) is 22.2 Å². The van der Waals surface area contributed by atoms with Crippen molar-refractivity contribution >= 4 is 52.3 Å². The summed E-state index contributed by atoms with van der Waals surface area (Å²) in [5, 5.41) is 13.8. The molecule has 1 saturated heterocycles. The molecule has 43 heavy (non-hydrogen) atoms. The number of carbonyl (C=O) groups excluding carboxylic acids is 3. The molecule has 0 radical (unpaired) electrons. The maximum atomic E-state index is 14.5. The predicted molar refractivity (Wildman–Crippen MR) is 161 cm³/mol. The van der Waals surface area contributed by atoms with Crippen LogP contribution in [0.3, 0.4) is 0 Å². The van der Waals surface area contributed by atoms with Crippen molar-refractivity contribution in [1.82, 2.24) is 4.90 Å². The van der Waals surface area contributed by atoms with Gasteiger partial charge in [0, 0.05) is 24.2 Å². The van der Waals surface area contributed by atoms with Gasteiger partial charge in [-0.05, 0) is 39.9 Å². The molecule has 1 N–H and O–H groups in total. The van der Waals surface area contributed by atoms with Gasteiger partial charge >= 0.3 is 0 Å². The molecule has 10 heteroatoms. The van der Waals surface area contributed by atoms with Gasteiger partial charge in [-0.25, -0.2) is 0 Å². The lowest BCUT2D eigenvalue weighted by Gasteiger charge is -2.54. The zero-order valence-electron chi connectivity index (χ0n) is 22.4. The minimum Gasteiger partial charge on any atom is -0.324 e. The fourth-order valence-electron chi connectivity index (χ4n) is 7.03. The number of anilines is 1. The molecule has 1 aliphatic heterocycles. The molecule has 0 saturated carbocycles. The molecule has 214 valence electrons. The van der Waals surface area contributed by atoms with Crippen LogP contribution in [0.15, 0.2) is 103 Å². The highest BCUT2D eigenvalue weighted by Gasteiger charge is 2.73. The Bertz CT molecular complexity index is 1710. The number of nitro groups is 1. The van der Waals surface area contributed by atoms with Crippen molar-refractivity contribution in [2.75, 3.05) is 5.32 Å². The van der Waals surface area contributed by atoms with Gasteiger partial charge in [0.05, 0.1) is 16.8 Å². The van der Waals surface area contributed by atoms with Gasteiger partial charge in [0.15, 0.2) is 0 Å². The van der Waals surface area contributed by atoms with Gasteiger partial charge in [-0.2, -0.15) is 0 Å². The van der Waals surface area contributed by atoms with Crippen molar-refractivity contribution in [1.29, 1.82) is 0 Å². The van der Waals surface area contributed by atoms with Gasteiger partial charge in [-0.1, -0.05) is 78.9 Å². The maximum Gasteiger partial charge on any atom is 0.269 e. The van der Waals surface area contributed by atoms with Gasteiger partial charge in [0.2, 0.25) is 17.7 Å². The SMILES string of the molecule is O=C(Nc1ccc([N+](=O)[O-])cc1)[C@H](Cc1ccccc1)N1C(=O)[C@@H]2[C@@H](C1=O)C1(Cl)c3ccccc3C2(Cl)c2ccccc21. The summed E-state index contributed by atoms with van der Waals surface area (Å²) in [5.74, 6) is -3.85. The number of hydrogen-bond donors (Lipinski definition) is 1. The molecular weight excluding hydrogens is 589 g/mol. The molecule has 3 atom stereocenters. The molecule has 0 spiro atoms. The molecule has 8 nitrogen and oxygen atoms in total. The number of nitrogens with zero attached hydrogens (tertiary/aromatic N) is 2. The Balaban J connectivity index is 1.33. The second-order valence-corrected chi connectivity index (χ2v) is 12.2. The van der Waals surface area contributed by atoms with Crippen LogP contribution < -0.4 is 5.32 Å². The third kappa shape index (κ3) is 3.79. The summed E-state index contributed by atoms with van der Waals surface area (Å²) >= 11 is 15.1. The Hall–Kier alpha value is -4.53. The summed E-state index contributed by atoms with van der Waals surface area (Å²) in [5.41, 5.74) is 3.57. The van der Waals surface area contributed by atoms with Gasteiger partial charge < -0.3 is 5.32 Å². The number of amides is 3. The standard InChI is InChI=1S/C33H23Cl2N3O5/c34-32-22-10-4-5-11-23(22)33(35,25-13-7-6-12-24(25)32)28-27(32)30(40)37(31(28)41)26(18-19-8-2-1-3-9-19)29(39)36-20-14-16-21(17-15-20)38(42)43/h1-17,26-28H,18H2,(H,36,39)/t26-,27-,28-,32?,33?/m0/s1. The Labute approximate surface area is 256 Å². The van der Waals surface area contributed by atoms with Crippen LogP contribution in [0, 0.1) is 22.0 Å². The van der Waals surface area contributed by atoms with Crippen molar-refractivity contribution in [3.63, 3.8) is 0 Å². The summed E-state index contributed by atoms with van der Waals surface area (Å²) in [4.78, 5) is 51.8.